The van der Waals surface area contributed by atoms with Gasteiger partial charge in [-0.25, -0.2) is 0 Å². The average molecular weight is 438 g/mol. The van der Waals surface area contributed by atoms with Crippen molar-refractivity contribution >= 4 is 0 Å². The molecule has 0 aromatic heterocycles. The number of hydrogen-bond acceptors (Lipinski definition) is 5. The van der Waals surface area contributed by atoms with E-state index < -0.39 is 11.2 Å². The van der Waals surface area contributed by atoms with E-state index in [1.807, 2.05) is 13.0 Å². The summed E-state index contributed by atoms with van der Waals surface area (Å²) in [6.07, 6.45) is 10.5. The molecule has 3 heterocycles. The minimum Gasteiger partial charge on any atom is -0.504 e. The third-order valence-electron chi connectivity index (χ3n) is 10.6. The SMILES string of the molecule is CCCC[C@@](C)(O)[C@H]1[C@H]2CCN3CC[C@]45c6c7ccc(O)c6O[C@H]4[C@@]1(OC)C=C[C@]25[C@H]3C7. The van der Waals surface area contributed by atoms with E-state index in [-0.39, 0.29) is 28.6 Å². The van der Waals surface area contributed by atoms with Gasteiger partial charge >= 0.3 is 0 Å². The van der Waals surface area contributed by atoms with E-state index >= 15 is 0 Å². The van der Waals surface area contributed by atoms with Crippen LogP contribution in [-0.2, 0) is 16.6 Å². The van der Waals surface area contributed by atoms with Crippen LogP contribution in [-0.4, -0.2) is 58.7 Å². The minimum atomic E-state index is -0.840. The Morgan fingerprint density at radius 1 is 1.28 bits per heavy atom. The Bertz CT molecular complexity index is 1030. The van der Waals surface area contributed by atoms with Gasteiger partial charge in [-0.05, 0) is 63.2 Å². The molecule has 8 rings (SSSR count). The van der Waals surface area contributed by atoms with E-state index in [0.717, 1.165) is 51.6 Å². The maximum Gasteiger partial charge on any atom is 0.165 e. The summed E-state index contributed by atoms with van der Waals surface area (Å²) in [6.45, 7) is 6.39. The standard InChI is InChI=1S/C27H35NO4/c1-4-5-9-24(2,30)22-17-8-13-28-14-12-26-20-16-6-7-18(29)21(20)32-23(26)27(22,31-3)11-10-25(17,26)19(28)15-16/h6-7,10-11,17,19,22-23,29-30H,4-5,8-9,12-15H2,1-3H3/t17-,19-,22-,23-,24-,25-,26+,27-/m1/s1. The molecule has 3 fully saturated rings. The molecule has 2 spiro atoms. The van der Waals surface area contributed by atoms with Crippen molar-refractivity contribution in [2.24, 2.45) is 17.3 Å². The second-order valence-corrected chi connectivity index (χ2v) is 11.6. The average Bonchev–Trinajstić information content (AvgIpc) is 3.16. The molecule has 172 valence electrons. The van der Waals surface area contributed by atoms with Crippen LogP contribution >= 0.6 is 0 Å². The molecule has 5 bridgehead atoms. The van der Waals surface area contributed by atoms with Crippen LogP contribution in [0.1, 0.15) is 57.1 Å². The van der Waals surface area contributed by atoms with Crippen LogP contribution in [0.25, 0.3) is 0 Å². The van der Waals surface area contributed by atoms with Gasteiger partial charge in [0, 0.05) is 30.0 Å². The second-order valence-electron chi connectivity index (χ2n) is 11.6. The van der Waals surface area contributed by atoms with Crippen LogP contribution in [0, 0.1) is 17.3 Å². The lowest BCUT2D eigenvalue weighted by Gasteiger charge is -2.77. The molecule has 5 nitrogen and oxygen atoms in total. The predicted molar refractivity (Wildman–Crippen MR) is 121 cm³/mol. The molecule has 1 unspecified atom stereocenters. The highest BCUT2D eigenvalue weighted by Crippen LogP contribution is 2.78. The number of unbranched alkanes of at least 4 members (excludes halogenated alkanes) is 1. The molecule has 7 aliphatic rings. The molecule has 3 aliphatic heterocycles. The lowest BCUT2D eigenvalue weighted by atomic mass is 9.31. The summed E-state index contributed by atoms with van der Waals surface area (Å²) in [5.74, 6) is 1.23. The molecule has 32 heavy (non-hydrogen) atoms. The van der Waals surface area contributed by atoms with Gasteiger partial charge in [0.05, 0.1) is 11.0 Å². The van der Waals surface area contributed by atoms with Crippen molar-refractivity contribution in [3.8, 4) is 11.5 Å². The number of rotatable bonds is 5. The molecule has 4 aliphatic carbocycles. The smallest absolute Gasteiger partial charge is 0.165 e. The Labute approximate surface area is 190 Å². The first kappa shape index (κ1) is 19.9. The summed E-state index contributed by atoms with van der Waals surface area (Å²) < 4.78 is 13.3. The van der Waals surface area contributed by atoms with Gasteiger partial charge in [-0.1, -0.05) is 38.0 Å². The number of hydrogen-bond donors (Lipinski definition) is 2. The van der Waals surface area contributed by atoms with Crippen molar-refractivity contribution in [3.05, 3.63) is 35.4 Å². The summed E-state index contributed by atoms with van der Waals surface area (Å²) in [7, 11) is 1.80. The van der Waals surface area contributed by atoms with E-state index in [0.29, 0.717) is 17.7 Å². The first-order valence-electron chi connectivity index (χ1n) is 12.6. The van der Waals surface area contributed by atoms with E-state index in [9.17, 15) is 10.2 Å². The first-order valence-corrected chi connectivity index (χ1v) is 12.6. The zero-order valence-corrected chi connectivity index (χ0v) is 19.4. The first-order chi connectivity index (χ1) is 15.4. The van der Waals surface area contributed by atoms with Gasteiger partial charge in [0.25, 0.3) is 0 Å². The quantitative estimate of drug-likeness (QED) is 0.690. The Morgan fingerprint density at radius 2 is 2.12 bits per heavy atom. The molecular formula is C27H35NO4. The molecule has 5 heteroatoms. The Kier molecular flexibility index (Phi) is 3.67. The lowest BCUT2D eigenvalue weighted by molar-refractivity contribution is -0.290. The van der Waals surface area contributed by atoms with Crippen LogP contribution in [0.2, 0.25) is 0 Å². The zero-order chi connectivity index (χ0) is 22.1. The summed E-state index contributed by atoms with van der Waals surface area (Å²) in [6, 6.07) is 4.36. The second kappa shape index (κ2) is 5.92. The third-order valence-corrected chi connectivity index (χ3v) is 10.6. The molecule has 9 atom stereocenters. The number of benzene rings is 1. The number of phenols is 1. The molecule has 0 amide bonds. The van der Waals surface area contributed by atoms with E-state index in [1.165, 1.54) is 11.1 Å². The van der Waals surface area contributed by atoms with Crippen LogP contribution in [0.4, 0.5) is 0 Å². The number of aromatic hydroxyl groups is 1. The van der Waals surface area contributed by atoms with Crippen molar-refractivity contribution in [3.63, 3.8) is 0 Å². The fourth-order valence-corrected chi connectivity index (χ4v) is 9.78. The Balaban J connectivity index is 1.54. The van der Waals surface area contributed by atoms with Crippen molar-refractivity contribution in [2.75, 3.05) is 20.2 Å². The monoisotopic (exact) mass is 437 g/mol. The number of piperidine rings is 2. The number of ether oxygens (including phenoxy) is 2. The van der Waals surface area contributed by atoms with Gasteiger partial charge in [0.1, 0.15) is 11.7 Å². The minimum absolute atomic E-state index is 0.0320. The highest BCUT2D eigenvalue weighted by molar-refractivity contribution is 5.65. The van der Waals surface area contributed by atoms with Gasteiger partial charge in [-0.3, -0.25) is 4.90 Å². The Morgan fingerprint density at radius 3 is 2.91 bits per heavy atom. The van der Waals surface area contributed by atoms with Crippen molar-refractivity contribution in [1.29, 1.82) is 0 Å². The molecule has 2 saturated heterocycles. The normalized spacial score (nSPS) is 47.8. The van der Waals surface area contributed by atoms with Crippen molar-refractivity contribution in [1.82, 2.24) is 4.90 Å². The molecular weight excluding hydrogens is 402 g/mol. The molecule has 2 N–H and O–H groups in total. The fourth-order valence-electron chi connectivity index (χ4n) is 9.78. The largest absolute Gasteiger partial charge is 0.504 e. The van der Waals surface area contributed by atoms with Crippen LogP contribution in [0.3, 0.4) is 0 Å². The fraction of sp³-hybridized carbons (Fsp3) is 0.704. The van der Waals surface area contributed by atoms with Gasteiger partial charge in [-0.2, -0.15) is 0 Å². The molecule has 1 saturated carbocycles. The number of phenolic OH excluding ortho intramolecular Hbond substituents is 1. The Hall–Kier alpha value is -1.56. The van der Waals surface area contributed by atoms with E-state index in [1.54, 1.807) is 7.11 Å². The predicted octanol–water partition coefficient (Wildman–Crippen LogP) is 3.55. The summed E-state index contributed by atoms with van der Waals surface area (Å²) in [4.78, 5) is 2.71. The van der Waals surface area contributed by atoms with Gasteiger partial charge in [-0.15, -0.1) is 0 Å². The maximum atomic E-state index is 12.1. The van der Waals surface area contributed by atoms with Crippen LogP contribution in [0.5, 0.6) is 11.5 Å². The highest BCUT2D eigenvalue weighted by Gasteiger charge is 2.84. The highest BCUT2D eigenvalue weighted by atomic mass is 16.6. The van der Waals surface area contributed by atoms with Crippen LogP contribution < -0.4 is 4.74 Å². The number of methoxy groups -OCH3 is 1. The van der Waals surface area contributed by atoms with Gasteiger partial charge < -0.3 is 19.7 Å². The zero-order valence-electron chi connectivity index (χ0n) is 19.4. The van der Waals surface area contributed by atoms with Crippen molar-refractivity contribution < 1.29 is 19.7 Å². The number of aliphatic hydroxyl groups is 1. The van der Waals surface area contributed by atoms with E-state index in [4.69, 9.17) is 9.47 Å². The van der Waals surface area contributed by atoms with Gasteiger partial charge in [0.2, 0.25) is 0 Å². The molecule has 1 aromatic rings. The van der Waals surface area contributed by atoms with Crippen molar-refractivity contribution in [2.45, 2.75) is 81.1 Å². The van der Waals surface area contributed by atoms with Crippen LogP contribution in [0.15, 0.2) is 24.3 Å². The summed E-state index contributed by atoms with van der Waals surface area (Å²) in [5, 5.41) is 22.9. The number of nitrogens with zero attached hydrogens (tertiary/aromatic N) is 1. The summed E-state index contributed by atoms with van der Waals surface area (Å²) >= 11 is 0. The molecule has 1 aromatic carbocycles. The molecule has 0 radical (unpaired) electrons. The maximum absolute atomic E-state index is 12.1. The lowest BCUT2D eigenvalue weighted by Crippen LogP contribution is -2.85. The third kappa shape index (κ3) is 1.82. The van der Waals surface area contributed by atoms with Gasteiger partial charge in [0.15, 0.2) is 11.5 Å². The van der Waals surface area contributed by atoms with E-state index in [2.05, 4.69) is 30.0 Å². The summed E-state index contributed by atoms with van der Waals surface area (Å²) in [5.41, 5.74) is 0.774. The topological polar surface area (TPSA) is 62.2 Å².